The van der Waals surface area contributed by atoms with Crippen molar-refractivity contribution in [3.8, 4) is 0 Å². The van der Waals surface area contributed by atoms with Crippen LogP contribution in [0, 0.1) is 0 Å². The third kappa shape index (κ3) is 4.26. The minimum absolute atomic E-state index is 0.0172. The van der Waals surface area contributed by atoms with E-state index >= 15 is 0 Å². The van der Waals surface area contributed by atoms with Crippen molar-refractivity contribution in [2.75, 3.05) is 12.3 Å². The zero-order valence-electron chi connectivity index (χ0n) is 12.0. The SMILES string of the molecule is C[C@@H](c1ccccc1)N(C=O)CCS(=O)c1ccccc1. The van der Waals surface area contributed by atoms with Crippen molar-refractivity contribution in [3.05, 3.63) is 66.2 Å². The molecule has 0 radical (unpaired) electrons. The topological polar surface area (TPSA) is 37.4 Å². The smallest absolute Gasteiger partial charge is 0.210 e. The van der Waals surface area contributed by atoms with Crippen molar-refractivity contribution in [3.63, 3.8) is 0 Å². The zero-order valence-corrected chi connectivity index (χ0v) is 12.8. The van der Waals surface area contributed by atoms with Crippen LogP contribution in [-0.4, -0.2) is 27.8 Å². The number of carbonyl (C=O) groups excluding carboxylic acids is 1. The quantitative estimate of drug-likeness (QED) is 0.737. The lowest BCUT2D eigenvalue weighted by Gasteiger charge is -2.25. The number of nitrogens with zero attached hydrogens (tertiary/aromatic N) is 1. The van der Waals surface area contributed by atoms with Gasteiger partial charge in [-0.1, -0.05) is 48.5 Å². The van der Waals surface area contributed by atoms with Crippen LogP contribution in [-0.2, 0) is 15.6 Å². The number of hydrogen-bond donors (Lipinski definition) is 0. The summed E-state index contributed by atoms with van der Waals surface area (Å²) in [5.74, 6) is 0.444. The van der Waals surface area contributed by atoms with Gasteiger partial charge in [-0.25, -0.2) is 0 Å². The second kappa shape index (κ2) is 7.74. The van der Waals surface area contributed by atoms with Gasteiger partial charge in [-0.15, -0.1) is 0 Å². The molecule has 0 spiro atoms. The van der Waals surface area contributed by atoms with Crippen molar-refractivity contribution in [2.45, 2.75) is 17.9 Å². The van der Waals surface area contributed by atoms with Crippen LogP contribution in [0.4, 0.5) is 0 Å². The highest BCUT2D eigenvalue weighted by Gasteiger charge is 2.14. The Bertz CT molecular complexity index is 586. The van der Waals surface area contributed by atoms with E-state index in [1.54, 1.807) is 4.90 Å². The minimum atomic E-state index is -1.08. The molecule has 0 aromatic heterocycles. The van der Waals surface area contributed by atoms with E-state index in [1.165, 1.54) is 0 Å². The molecule has 0 heterocycles. The Morgan fingerprint density at radius 2 is 1.62 bits per heavy atom. The van der Waals surface area contributed by atoms with Crippen LogP contribution in [0.15, 0.2) is 65.6 Å². The second-order valence-corrected chi connectivity index (χ2v) is 6.36. The molecule has 110 valence electrons. The minimum Gasteiger partial charge on any atom is -0.338 e. The van der Waals surface area contributed by atoms with Crippen molar-refractivity contribution in [1.29, 1.82) is 0 Å². The van der Waals surface area contributed by atoms with Crippen LogP contribution in [0.2, 0.25) is 0 Å². The standard InChI is InChI=1S/C17H19NO2S/c1-15(16-8-4-2-5-9-16)18(14-19)12-13-21(20)17-10-6-3-7-11-17/h2-11,14-15H,12-13H2,1H3/t15-,21?/m0/s1. The van der Waals surface area contributed by atoms with E-state index < -0.39 is 10.8 Å². The molecule has 0 N–H and O–H groups in total. The molecule has 0 aliphatic rings. The van der Waals surface area contributed by atoms with Gasteiger partial charge in [-0.3, -0.25) is 9.00 Å². The first-order chi connectivity index (χ1) is 10.2. The number of benzene rings is 2. The van der Waals surface area contributed by atoms with E-state index in [1.807, 2.05) is 67.6 Å². The van der Waals surface area contributed by atoms with Crippen LogP contribution in [0.1, 0.15) is 18.5 Å². The van der Waals surface area contributed by atoms with E-state index in [2.05, 4.69) is 0 Å². The first-order valence-electron chi connectivity index (χ1n) is 6.92. The molecule has 2 rings (SSSR count). The molecule has 4 heteroatoms. The summed E-state index contributed by atoms with van der Waals surface area (Å²) < 4.78 is 12.2. The lowest BCUT2D eigenvalue weighted by Crippen LogP contribution is -2.29. The molecule has 2 atom stereocenters. The maximum absolute atomic E-state index is 12.2. The number of rotatable bonds is 7. The molecule has 0 saturated carbocycles. The first-order valence-corrected chi connectivity index (χ1v) is 8.23. The first kappa shape index (κ1) is 15.4. The van der Waals surface area contributed by atoms with Gasteiger partial charge in [0.25, 0.3) is 0 Å². The van der Waals surface area contributed by atoms with E-state index in [4.69, 9.17) is 0 Å². The summed E-state index contributed by atoms with van der Waals surface area (Å²) >= 11 is 0. The predicted octanol–water partition coefficient (Wildman–Crippen LogP) is 3.01. The van der Waals surface area contributed by atoms with Gasteiger partial charge >= 0.3 is 0 Å². The summed E-state index contributed by atoms with van der Waals surface area (Å²) in [6.45, 7) is 2.45. The summed E-state index contributed by atoms with van der Waals surface area (Å²) in [6.07, 6.45) is 0.833. The predicted molar refractivity (Wildman–Crippen MR) is 85.3 cm³/mol. The van der Waals surface area contributed by atoms with E-state index in [9.17, 15) is 9.00 Å². The molecule has 1 amide bonds. The normalized spacial score (nSPS) is 13.4. The third-order valence-corrected chi connectivity index (χ3v) is 4.81. The van der Waals surface area contributed by atoms with Gasteiger partial charge in [0.1, 0.15) is 0 Å². The molecule has 21 heavy (non-hydrogen) atoms. The molecular formula is C17H19NO2S. The highest BCUT2D eigenvalue weighted by Crippen LogP contribution is 2.18. The third-order valence-electron chi connectivity index (χ3n) is 3.46. The monoisotopic (exact) mass is 301 g/mol. The maximum atomic E-state index is 12.2. The Morgan fingerprint density at radius 3 is 2.19 bits per heavy atom. The summed E-state index contributed by atoms with van der Waals surface area (Å²) in [5, 5.41) is 0. The van der Waals surface area contributed by atoms with Crippen LogP contribution in [0.5, 0.6) is 0 Å². The molecule has 3 nitrogen and oxygen atoms in total. The number of carbonyl (C=O) groups is 1. The molecular weight excluding hydrogens is 282 g/mol. The molecule has 0 aliphatic carbocycles. The molecule has 2 aromatic rings. The fourth-order valence-corrected chi connectivity index (χ4v) is 3.21. The van der Waals surface area contributed by atoms with Gasteiger partial charge in [-0.2, -0.15) is 0 Å². The Balaban J connectivity index is 1.97. The van der Waals surface area contributed by atoms with Crippen molar-refractivity contribution in [1.82, 2.24) is 4.90 Å². The van der Waals surface area contributed by atoms with E-state index in [0.717, 1.165) is 16.9 Å². The molecule has 0 fully saturated rings. The van der Waals surface area contributed by atoms with Crippen molar-refractivity contribution >= 4 is 17.2 Å². The highest BCUT2D eigenvalue weighted by molar-refractivity contribution is 7.85. The van der Waals surface area contributed by atoms with Crippen LogP contribution in [0.25, 0.3) is 0 Å². The van der Waals surface area contributed by atoms with Crippen LogP contribution < -0.4 is 0 Å². The summed E-state index contributed by atoms with van der Waals surface area (Å²) in [4.78, 5) is 13.8. The second-order valence-electron chi connectivity index (χ2n) is 4.79. The van der Waals surface area contributed by atoms with Gasteiger partial charge in [0.15, 0.2) is 0 Å². The van der Waals surface area contributed by atoms with Crippen molar-refractivity contribution in [2.24, 2.45) is 0 Å². The lowest BCUT2D eigenvalue weighted by atomic mass is 10.1. The molecule has 0 bridgehead atoms. The van der Waals surface area contributed by atoms with Crippen LogP contribution in [0.3, 0.4) is 0 Å². The largest absolute Gasteiger partial charge is 0.338 e. The van der Waals surface area contributed by atoms with Gasteiger partial charge < -0.3 is 4.90 Å². The zero-order chi connectivity index (χ0) is 15.1. The molecule has 1 unspecified atom stereocenters. The maximum Gasteiger partial charge on any atom is 0.210 e. The van der Waals surface area contributed by atoms with Gasteiger partial charge in [-0.05, 0) is 24.6 Å². The molecule has 0 saturated heterocycles. The lowest BCUT2D eigenvalue weighted by molar-refractivity contribution is -0.119. The number of hydrogen-bond acceptors (Lipinski definition) is 2. The van der Waals surface area contributed by atoms with Crippen molar-refractivity contribution < 1.29 is 9.00 Å². The van der Waals surface area contributed by atoms with Crippen LogP contribution >= 0.6 is 0 Å². The Kier molecular flexibility index (Phi) is 5.69. The molecule has 2 aromatic carbocycles. The average molecular weight is 301 g/mol. The average Bonchev–Trinajstić information content (AvgIpc) is 2.56. The van der Waals surface area contributed by atoms with Gasteiger partial charge in [0, 0.05) is 17.2 Å². The number of amides is 1. The summed E-state index contributed by atoms with van der Waals surface area (Å²) in [6, 6.07) is 19.2. The Labute approximate surface area is 128 Å². The fourth-order valence-electron chi connectivity index (χ4n) is 2.14. The van der Waals surface area contributed by atoms with E-state index in [0.29, 0.717) is 12.3 Å². The Hall–Kier alpha value is -1.94. The van der Waals surface area contributed by atoms with Gasteiger partial charge in [0.05, 0.1) is 16.8 Å². The molecule has 0 aliphatic heterocycles. The van der Waals surface area contributed by atoms with E-state index in [-0.39, 0.29) is 6.04 Å². The summed E-state index contributed by atoms with van der Waals surface area (Å²) in [5.41, 5.74) is 1.08. The highest BCUT2D eigenvalue weighted by atomic mass is 32.2. The summed E-state index contributed by atoms with van der Waals surface area (Å²) in [7, 11) is -1.08. The van der Waals surface area contributed by atoms with Gasteiger partial charge in [0.2, 0.25) is 6.41 Å². The Morgan fingerprint density at radius 1 is 1.05 bits per heavy atom. The fraction of sp³-hybridized carbons (Fsp3) is 0.235.